The molecule has 1 aromatic rings. The van der Waals surface area contributed by atoms with Gasteiger partial charge in [0.05, 0.1) is 26.1 Å². The van der Waals surface area contributed by atoms with E-state index in [4.69, 9.17) is 14.2 Å². The van der Waals surface area contributed by atoms with Crippen molar-refractivity contribution in [3.05, 3.63) is 23.8 Å². The molecule has 0 aromatic heterocycles. The molecule has 1 saturated heterocycles. The standard InChI is InChI=1S/C20H34N4O5S/c1-21-20(22-10-9-16-7-8-18(27-2)19(14-16)28-3)23-11-13-30(25,26)24-15-17-6-4-5-12-29-17/h7-8,14,17,24H,4-6,9-13,15H2,1-3H3,(H2,21,22,23). The molecule has 1 fully saturated rings. The molecule has 0 bridgehead atoms. The van der Waals surface area contributed by atoms with Crippen LogP contribution in [0.5, 0.6) is 11.5 Å². The van der Waals surface area contributed by atoms with E-state index in [0.717, 1.165) is 31.2 Å². The minimum absolute atomic E-state index is 0.0208. The van der Waals surface area contributed by atoms with Gasteiger partial charge in [-0.15, -0.1) is 0 Å². The highest BCUT2D eigenvalue weighted by Gasteiger charge is 2.17. The van der Waals surface area contributed by atoms with Crippen molar-refractivity contribution in [3.8, 4) is 11.5 Å². The Bertz CT molecular complexity index is 779. The van der Waals surface area contributed by atoms with Gasteiger partial charge in [-0.25, -0.2) is 13.1 Å². The van der Waals surface area contributed by atoms with Crippen LogP contribution in [-0.4, -0.2) is 73.7 Å². The lowest BCUT2D eigenvalue weighted by Gasteiger charge is -2.22. The van der Waals surface area contributed by atoms with E-state index in [1.54, 1.807) is 21.3 Å². The van der Waals surface area contributed by atoms with Crippen LogP contribution in [0.4, 0.5) is 0 Å². The van der Waals surface area contributed by atoms with Crippen LogP contribution in [0.2, 0.25) is 0 Å². The highest BCUT2D eigenvalue weighted by molar-refractivity contribution is 7.89. The number of sulfonamides is 1. The lowest BCUT2D eigenvalue weighted by atomic mass is 10.1. The van der Waals surface area contributed by atoms with Crippen LogP contribution in [0.3, 0.4) is 0 Å². The molecule has 0 radical (unpaired) electrons. The summed E-state index contributed by atoms with van der Waals surface area (Å²) < 4.78 is 43.1. The molecule has 9 nitrogen and oxygen atoms in total. The van der Waals surface area contributed by atoms with E-state index in [1.165, 1.54) is 0 Å². The second-order valence-corrected chi connectivity index (χ2v) is 8.95. The summed E-state index contributed by atoms with van der Waals surface area (Å²) in [6, 6.07) is 5.79. The maximum absolute atomic E-state index is 12.2. The minimum atomic E-state index is -3.36. The zero-order valence-corrected chi connectivity index (χ0v) is 18.9. The molecule has 1 heterocycles. The summed E-state index contributed by atoms with van der Waals surface area (Å²) in [5.74, 6) is 1.91. The third-order valence-corrected chi connectivity index (χ3v) is 6.19. The van der Waals surface area contributed by atoms with E-state index in [0.29, 0.717) is 37.2 Å². The van der Waals surface area contributed by atoms with Crippen molar-refractivity contribution in [3.63, 3.8) is 0 Å². The molecule has 1 unspecified atom stereocenters. The molecule has 1 atom stereocenters. The van der Waals surface area contributed by atoms with Crippen molar-refractivity contribution in [2.45, 2.75) is 31.8 Å². The predicted molar refractivity (Wildman–Crippen MR) is 118 cm³/mol. The van der Waals surface area contributed by atoms with Crippen LogP contribution >= 0.6 is 0 Å². The Morgan fingerprint density at radius 3 is 2.60 bits per heavy atom. The van der Waals surface area contributed by atoms with Gasteiger partial charge in [0, 0.05) is 33.3 Å². The number of methoxy groups -OCH3 is 2. The van der Waals surface area contributed by atoms with Gasteiger partial charge in [0.15, 0.2) is 17.5 Å². The molecule has 1 aliphatic rings. The van der Waals surface area contributed by atoms with Gasteiger partial charge in [-0.1, -0.05) is 6.07 Å². The van der Waals surface area contributed by atoms with Gasteiger partial charge in [0.2, 0.25) is 10.0 Å². The summed E-state index contributed by atoms with van der Waals surface area (Å²) in [5, 5.41) is 6.22. The van der Waals surface area contributed by atoms with E-state index in [2.05, 4.69) is 20.3 Å². The van der Waals surface area contributed by atoms with E-state index in [9.17, 15) is 8.42 Å². The average Bonchev–Trinajstić information content (AvgIpc) is 2.77. The maximum Gasteiger partial charge on any atom is 0.213 e. The van der Waals surface area contributed by atoms with Crippen LogP contribution < -0.4 is 24.8 Å². The highest BCUT2D eigenvalue weighted by Crippen LogP contribution is 2.27. The third kappa shape index (κ3) is 8.37. The van der Waals surface area contributed by atoms with Crippen LogP contribution in [0, 0.1) is 0 Å². The van der Waals surface area contributed by atoms with E-state index in [1.807, 2.05) is 18.2 Å². The number of nitrogens with one attached hydrogen (secondary N) is 3. The lowest BCUT2D eigenvalue weighted by Crippen LogP contribution is -2.43. The second kappa shape index (κ2) is 12.6. The summed E-state index contributed by atoms with van der Waals surface area (Å²) in [6.07, 6.45) is 3.76. The first-order valence-electron chi connectivity index (χ1n) is 10.2. The Labute approximate surface area is 179 Å². The topological polar surface area (TPSA) is 110 Å². The van der Waals surface area contributed by atoms with Crippen molar-refractivity contribution in [1.29, 1.82) is 0 Å². The number of guanidine groups is 1. The smallest absolute Gasteiger partial charge is 0.213 e. The molecule has 0 amide bonds. The number of hydrogen-bond acceptors (Lipinski definition) is 6. The molecule has 2 rings (SSSR count). The minimum Gasteiger partial charge on any atom is -0.493 e. The Hall–Kier alpha value is -2.04. The number of aliphatic imine (C=N–C) groups is 1. The van der Waals surface area contributed by atoms with E-state index >= 15 is 0 Å². The third-order valence-electron chi connectivity index (χ3n) is 4.85. The normalized spacial score (nSPS) is 17.4. The molecule has 3 N–H and O–H groups in total. The van der Waals surface area contributed by atoms with E-state index in [-0.39, 0.29) is 18.4 Å². The molecule has 0 spiro atoms. The van der Waals surface area contributed by atoms with Gasteiger partial charge < -0.3 is 24.8 Å². The first kappa shape index (κ1) is 24.2. The van der Waals surface area contributed by atoms with Gasteiger partial charge in [0.25, 0.3) is 0 Å². The van der Waals surface area contributed by atoms with Crippen molar-refractivity contribution >= 4 is 16.0 Å². The van der Waals surface area contributed by atoms with Crippen LogP contribution in [0.15, 0.2) is 23.2 Å². The van der Waals surface area contributed by atoms with Crippen molar-refractivity contribution in [2.24, 2.45) is 4.99 Å². The number of nitrogens with zero attached hydrogens (tertiary/aromatic N) is 1. The lowest BCUT2D eigenvalue weighted by molar-refractivity contribution is 0.0200. The van der Waals surface area contributed by atoms with Crippen molar-refractivity contribution in [1.82, 2.24) is 15.4 Å². The summed E-state index contributed by atoms with van der Waals surface area (Å²) in [6.45, 7) is 1.94. The molecule has 30 heavy (non-hydrogen) atoms. The Balaban J connectivity index is 1.69. The van der Waals surface area contributed by atoms with Gasteiger partial charge in [-0.05, 0) is 43.4 Å². The number of rotatable bonds is 11. The Kier molecular flexibility index (Phi) is 10.2. The van der Waals surface area contributed by atoms with E-state index < -0.39 is 10.0 Å². The summed E-state index contributed by atoms with van der Waals surface area (Å²) in [4.78, 5) is 4.13. The molecular weight excluding hydrogens is 408 g/mol. The molecule has 10 heteroatoms. The highest BCUT2D eigenvalue weighted by atomic mass is 32.2. The average molecular weight is 443 g/mol. The predicted octanol–water partition coefficient (Wildman–Crippen LogP) is 0.900. The molecular formula is C20H34N4O5S. The summed E-state index contributed by atoms with van der Waals surface area (Å²) in [7, 11) is 1.50. The second-order valence-electron chi connectivity index (χ2n) is 7.02. The fourth-order valence-corrected chi connectivity index (χ4v) is 4.10. The van der Waals surface area contributed by atoms with Crippen LogP contribution in [-0.2, 0) is 21.2 Å². The molecule has 1 aromatic carbocycles. The zero-order valence-electron chi connectivity index (χ0n) is 18.1. The summed E-state index contributed by atoms with van der Waals surface area (Å²) in [5.41, 5.74) is 1.09. The van der Waals surface area contributed by atoms with Gasteiger partial charge in [0.1, 0.15) is 0 Å². The number of benzene rings is 1. The van der Waals surface area contributed by atoms with Crippen LogP contribution in [0.25, 0.3) is 0 Å². The summed E-state index contributed by atoms with van der Waals surface area (Å²) >= 11 is 0. The van der Waals surface area contributed by atoms with Gasteiger partial charge in [-0.3, -0.25) is 4.99 Å². The zero-order chi connectivity index (χ0) is 21.8. The first-order valence-corrected chi connectivity index (χ1v) is 11.9. The van der Waals surface area contributed by atoms with Crippen molar-refractivity contribution in [2.75, 3.05) is 53.3 Å². The largest absolute Gasteiger partial charge is 0.493 e. The molecule has 1 aliphatic heterocycles. The van der Waals surface area contributed by atoms with Gasteiger partial charge >= 0.3 is 0 Å². The maximum atomic E-state index is 12.2. The Morgan fingerprint density at radius 2 is 1.93 bits per heavy atom. The van der Waals surface area contributed by atoms with Crippen LogP contribution in [0.1, 0.15) is 24.8 Å². The molecule has 0 aliphatic carbocycles. The fourth-order valence-electron chi connectivity index (χ4n) is 3.15. The van der Waals surface area contributed by atoms with Gasteiger partial charge in [-0.2, -0.15) is 0 Å². The molecule has 0 saturated carbocycles. The molecule has 170 valence electrons. The van der Waals surface area contributed by atoms with Crippen molar-refractivity contribution < 1.29 is 22.6 Å². The quantitative estimate of drug-likeness (QED) is 0.345. The SMILES string of the molecule is CN=C(NCCc1ccc(OC)c(OC)c1)NCCS(=O)(=O)NCC1CCCCO1. The first-order chi connectivity index (χ1) is 14.5. The Morgan fingerprint density at radius 1 is 1.17 bits per heavy atom. The fraction of sp³-hybridized carbons (Fsp3) is 0.650. The monoisotopic (exact) mass is 442 g/mol. The number of hydrogen-bond donors (Lipinski definition) is 3. The number of ether oxygens (including phenoxy) is 3.